The maximum absolute atomic E-state index is 2.89. The molecule has 0 N–H and O–H groups in total. The van der Waals surface area contributed by atoms with Crippen molar-refractivity contribution >= 4 is 45.9 Å². The molecular weight excluding hydrogens is 943 g/mol. The van der Waals surface area contributed by atoms with Crippen molar-refractivity contribution in [1.29, 1.82) is 0 Å². The number of hydrogen-bond donors (Lipinski definition) is 0. The number of benzene rings is 12. The summed E-state index contributed by atoms with van der Waals surface area (Å²) in [6.45, 7) is 2.30. The quantitative estimate of drug-likeness (QED) is 0.144. The van der Waals surface area contributed by atoms with Crippen molar-refractivity contribution in [3.8, 4) is 44.5 Å². The molecule has 77 heavy (non-hydrogen) atoms. The Morgan fingerprint density at radius 2 is 0.662 bits per heavy atom. The van der Waals surface area contributed by atoms with Gasteiger partial charge in [-0.25, -0.2) is 0 Å². The van der Waals surface area contributed by atoms with Gasteiger partial charge in [0.1, 0.15) is 0 Å². The minimum atomic E-state index is -2.89. The Bertz CT molecular complexity index is 4230. The first-order chi connectivity index (χ1) is 38.1. The van der Waals surface area contributed by atoms with Gasteiger partial charge < -0.3 is 4.90 Å². The van der Waals surface area contributed by atoms with Gasteiger partial charge in [0, 0.05) is 17.1 Å². The number of fused-ring (bicyclic) bond motifs is 16. The zero-order valence-electron chi connectivity index (χ0n) is 42.7. The van der Waals surface area contributed by atoms with Crippen LogP contribution in [0.5, 0.6) is 0 Å². The molecule has 16 rings (SSSR count). The van der Waals surface area contributed by atoms with Crippen LogP contribution in [-0.4, -0.2) is 8.07 Å². The molecule has 1 heterocycles. The van der Waals surface area contributed by atoms with Crippen LogP contribution < -0.4 is 25.6 Å². The van der Waals surface area contributed by atoms with Gasteiger partial charge in [-0.05, 0) is 159 Å². The Morgan fingerprint density at radius 1 is 0.260 bits per heavy atom. The topological polar surface area (TPSA) is 3.24 Å². The monoisotopic (exact) mass is 993 g/mol. The molecule has 0 unspecified atom stereocenters. The van der Waals surface area contributed by atoms with Gasteiger partial charge >= 0.3 is 0 Å². The number of anilines is 3. The summed E-state index contributed by atoms with van der Waals surface area (Å²) in [4.78, 5) is 2.59. The van der Waals surface area contributed by atoms with Crippen molar-refractivity contribution in [2.45, 2.75) is 17.8 Å². The highest BCUT2D eigenvalue weighted by Crippen LogP contribution is 2.64. The molecule has 360 valence electrons. The summed E-state index contributed by atoms with van der Waals surface area (Å²) in [6.07, 6.45) is 0. The lowest BCUT2D eigenvalue weighted by molar-refractivity contribution is 0.768. The van der Waals surface area contributed by atoms with Gasteiger partial charge in [-0.15, -0.1) is 0 Å². The van der Waals surface area contributed by atoms with E-state index in [1.807, 2.05) is 0 Å². The van der Waals surface area contributed by atoms with Crippen molar-refractivity contribution < 1.29 is 0 Å². The number of rotatable bonds is 7. The van der Waals surface area contributed by atoms with E-state index in [0.717, 1.165) is 17.1 Å². The molecule has 0 bridgehead atoms. The van der Waals surface area contributed by atoms with E-state index in [2.05, 4.69) is 303 Å². The highest BCUT2D eigenvalue weighted by Gasteiger charge is 2.53. The molecular formula is C75H51NSi. The summed E-state index contributed by atoms with van der Waals surface area (Å²) >= 11 is 0. The fourth-order valence-electron chi connectivity index (χ4n) is 15.1. The molecule has 0 amide bonds. The van der Waals surface area contributed by atoms with Gasteiger partial charge in [0.25, 0.3) is 0 Å². The fourth-order valence-corrected chi connectivity index (χ4v) is 20.4. The van der Waals surface area contributed by atoms with E-state index in [4.69, 9.17) is 0 Å². The van der Waals surface area contributed by atoms with E-state index in [9.17, 15) is 0 Å². The number of hydrogen-bond acceptors (Lipinski definition) is 1. The predicted octanol–water partition coefficient (Wildman–Crippen LogP) is 15.5. The Morgan fingerprint density at radius 3 is 1.21 bits per heavy atom. The van der Waals surface area contributed by atoms with Crippen LogP contribution >= 0.6 is 0 Å². The molecule has 12 aromatic rings. The van der Waals surface area contributed by atoms with Gasteiger partial charge in [-0.1, -0.05) is 255 Å². The van der Waals surface area contributed by atoms with Crippen molar-refractivity contribution in [2.24, 2.45) is 0 Å². The van der Waals surface area contributed by atoms with Crippen LogP contribution in [0, 0.1) is 6.92 Å². The highest BCUT2D eigenvalue weighted by molar-refractivity contribution is 7.22. The normalized spacial score (nSPS) is 14.6. The third-order valence-corrected chi connectivity index (χ3v) is 22.7. The largest absolute Gasteiger partial charge is 0.310 e. The molecule has 2 heteroatoms. The van der Waals surface area contributed by atoms with Crippen LogP contribution in [0.3, 0.4) is 0 Å². The van der Waals surface area contributed by atoms with Gasteiger partial charge in [-0.2, -0.15) is 0 Å². The molecule has 0 fully saturated rings. The van der Waals surface area contributed by atoms with E-state index in [1.165, 1.54) is 115 Å². The van der Waals surface area contributed by atoms with Gasteiger partial charge in [0.15, 0.2) is 8.07 Å². The van der Waals surface area contributed by atoms with E-state index in [-0.39, 0.29) is 0 Å². The summed E-state index contributed by atoms with van der Waals surface area (Å²) in [7, 11) is -2.89. The van der Waals surface area contributed by atoms with E-state index in [0.29, 0.717) is 0 Å². The molecule has 0 aromatic heterocycles. The van der Waals surface area contributed by atoms with Crippen molar-refractivity contribution in [3.05, 3.63) is 341 Å². The average Bonchev–Trinajstić information content (AvgIpc) is 4.19. The SMILES string of the molecule is Cc1cc(N(c2ccc3c(c2)-c2ccccc2C32c3ccccc3-c3ccccc32)c2ccc3c(c2)C(c2ccccc2)(c2ccccc2)c2ccccc2-3)cc([Si]2(c3ccccc3)c3ccccc3-c3ccccc32)c1. The molecule has 0 radical (unpaired) electrons. The summed E-state index contributed by atoms with van der Waals surface area (Å²) in [5.41, 5.74) is 24.5. The van der Waals surface area contributed by atoms with Gasteiger partial charge in [0.2, 0.25) is 0 Å². The van der Waals surface area contributed by atoms with Gasteiger partial charge in [-0.3, -0.25) is 0 Å². The molecule has 3 aliphatic carbocycles. The molecule has 4 aliphatic rings. The first-order valence-corrected chi connectivity index (χ1v) is 29.1. The maximum atomic E-state index is 2.59. The molecule has 1 spiro atoms. The van der Waals surface area contributed by atoms with Crippen LogP contribution in [0.4, 0.5) is 17.1 Å². The summed E-state index contributed by atoms with van der Waals surface area (Å²) in [5, 5.41) is 5.65. The Balaban J connectivity index is 0.991. The number of aryl methyl sites for hydroxylation is 1. The summed E-state index contributed by atoms with van der Waals surface area (Å²) in [6, 6.07) is 111. The van der Waals surface area contributed by atoms with Crippen molar-refractivity contribution in [1.82, 2.24) is 0 Å². The molecule has 1 nitrogen and oxygen atoms in total. The first kappa shape index (κ1) is 44.0. The number of nitrogens with zero attached hydrogens (tertiary/aromatic N) is 1. The minimum Gasteiger partial charge on any atom is -0.310 e. The lowest BCUT2D eigenvalue weighted by Crippen LogP contribution is -2.72. The second-order valence-corrected chi connectivity index (χ2v) is 25.2. The zero-order chi connectivity index (χ0) is 50.9. The molecule has 0 saturated heterocycles. The van der Waals surface area contributed by atoms with Crippen molar-refractivity contribution in [3.63, 3.8) is 0 Å². The van der Waals surface area contributed by atoms with Crippen LogP contribution in [0.25, 0.3) is 44.5 Å². The standard InChI is InChI=1S/C75H51NSi/c1-50-45-55(47-57(46-50)77(56-27-9-4-10-28-56)72-39-21-15-33-63(72)64-34-16-22-40-73(64)77)76(54-41-43-62-60-31-11-17-35-66(60)74(71(62)49-54,51-23-5-2-6-24-51)52-25-7-3-8-26-52)53-42-44-70-65(48-53)61-32-14-20-38-69(61)75(70)67-36-18-12-29-58(67)59-30-13-19-37-68(59)75/h2-49H,1H3. The Hall–Kier alpha value is -9.34. The zero-order valence-corrected chi connectivity index (χ0v) is 43.7. The maximum Gasteiger partial charge on any atom is 0.180 e. The van der Waals surface area contributed by atoms with Crippen LogP contribution in [-0.2, 0) is 10.8 Å². The smallest absolute Gasteiger partial charge is 0.180 e. The second kappa shape index (κ2) is 16.6. The van der Waals surface area contributed by atoms with Crippen LogP contribution in [0.2, 0.25) is 0 Å². The predicted molar refractivity (Wildman–Crippen MR) is 322 cm³/mol. The van der Waals surface area contributed by atoms with Crippen LogP contribution in [0.1, 0.15) is 50.1 Å². The second-order valence-electron chi connectivity index (χ2n) is 21.5. The molecule has 0 saturated carbocycles. The third kappa shape index (κ3) is 5.83. The molecule has 12 aromatic carbocycles. The first-order valence-electron chi connectivity index (χ1n) is 27.1. The average molecular weight is 994 g/mol. The molecule has 1 aliphatic heterocycles. The Kier molecular flexibility index (Phi) is 9.47. The summed E-state index contributed by atoms with van der Waals surface area (Å²) < 4.78 is 0. The fraction of sp³-hybridized carbons (Fsp3) is 0.0400. The van der Waals surface area contributed by atoms with E-state index < -0.39 is 18.9 Å². The summed E-state index contributed by atoms with van der Waals surface area (Å²) in [5.74, 6) is 0. The molecule has 0 atom stereocenters. The highest BCUT2D eigenvalue weighted by atomic mass is 28.3. The minimum absolute atomic E-state index is 0.444. The van der Waals surface area contributed by atoms with Gasteiger partial charge in [0.05, 0.1) is 10.8 Å². The Labute approximate surface area is 451 Å². The lowest BCUT2D eigenvalue weighted by Gasteiger charge is -2.36. The lowest BCUT2D eigenvalue weighted by atomic mass is 9.67. The van der Waals surface area contributed by atoms with E-state index in [1.54, 1.807) is 0 Å². The van der Waals surface area contributed by atoms with E-state index >= 15 is 0 Å². The third-order valence-electron chi connectivity index (χ3n) is 17.9. The van der Waals surface area contributed by atoms with Crippen LogP contribution in [0.15, 0.2) is 291 Å². The van der Waals surface area contributed by atoms with Crippen molar-refractivity contribution in [2.75, 3.05) is 4.90 Å².